The van der Waals surface area contributed by atoms with Gasteiger partial charge in [-0.25, -0.2) is 0 Å². The van der Waals surface area contributed by atoms with Crippen LogP contribution in [0.4, 0.5) is 0 Å². The molecule has 0 bridgehead atoms. The molecule has 1 saturated heterocycles. The van der Waals surface area contributed by atoms with Crippen molar-refractivity contribution in [2.45, 2.75) is 52.6 Å². The molecule has 7 nitrogen and oxygen atoms in total. The Morgan fingerprint density at radius 2 is 2.17 bits per heavy atom. The Morgan fingerprint density at radius 1 is 1.48 bits per heavy atom. The lowest BCUT2D eigenvalue weighted by molar-refractivity contribution is -0.158. The van der Waals surface area contributed by atoms with Crippen molar-refractivity contribution < 1.29 is 19.0 Å². The number of carbonyl (C=O) groups excluding carboxylic acids is 1. The largest absolute Gasteiger partial charge is 0.463 e. The highest BCUT2D eigenvalue weighted by molar-refractivity contribution is 5.75. The molecule has 0 amide bonds. The Hall–Kier alpha value is -1.89. The van der Waals surface area contributed by atoms with E-state index in [0.29, 0.717) is 0 Å². The van der Waals surface area contributed by atoms with Crippen molar-refractivity contribution in [3.05, 3.63) is 22.6 Å². The number of hydrogen-bond acceptors (Lipinski definition) is 6. The van der Waals surface area contributed by atoms with Crippen LogP contribution in [0.5, 0.6) is 6.01 Å². The van der Waals surface area contributed by atoms with Crippen molar-refractivity contribution in [3.8, 4) is 6.01 Å². The van der Waals surface area contributed by atoms with Crippen molar-refractivity contribution >= 4 is 5.97 Å². The number of fused-ring (bicyclic) bond motifs is 3. The van der Waals surface area contributed by atoms with Gasteiger partial charge in [-0.2, -0.15) is 4.98 Å². The molecule has 2 aliphatic rings. The van der Waals surface area contributed by atoms with Gasteiger partial charge in [0.15, 0.2) is 11.8 Å². The van der Waals surface area contributed by atoms with E-state index in [1.165, 1.54) is 6.07 Å². The molecule has 126 valence electrons. The fourth-order valence-corrected chi connectivity index (χ4v) is 2.90. The number of esters is 1. The van der Waals surface area contributed by atoms with Gasteiger partial charge in [-0.15, -0.1) is 0 Å². The Balaban J connectivity index is 1.76. The first-order chi connectivity index (χ1) is 10.6. The molecule has 2 aliphatic heterocycles. The summed E-state index contributed by atoms with van der Waals surface area (Å²) in [6.45, 7) is 9.52. The summed E-state index contributed by atoms with van der Waals surface area (Å²) < 4.78 is 19.0. The summed E-state index contributed by atoms with van der Waals surface area (Å²) in [5, 5.41) is 0. The molecule has 23 heavy (non-hydrogen) atoms. The lowest BCUT2D eigenvalue weighted by atomic mass is 9.88. The Morgan fingerprint density at radius 3 is 2.83 bits per heavy atom. The molecule has 4 atom stereocenters. The highest BCUT2D eigenvalue weighted by atomic mass is 16.6. The second kappa shape index (κ2) is 5.06. The van der Waals surface area contributed by atoms with Crippen molar-refractivity contribution in [1.82, 2.24) is 9.55 Å². The first-order valence-electron chi connectivity index (χ1n) is 7.74. The van der Waals surface area contributed by atoms with Crippen LogP contribution in [0, 0.1) is 11.3 Å². The topological polar surface area (TPSA) is 79.7 Å². The van der Waals surface area contributed by atoms with Gasteiger partial charge in [0.2, 0.25) is 0 Å². The predicted octanol–water partition coefficient (Wildman–Crippen LogP) is 1.52. The smallest absolute Gasteiger partial charge is 0.311 e. The molecule has 1 fully saturated rings. The normalized spacial score (nSPS) is 32.1. The summed E-state index contributed by atoms with van der Waals surface area (Å²) >= 11 is 0. The van der Waals surface area contributed by atoms with Crippen LogP contribution in [0.3, 0.4) is 0 Å². The third-order valence-corrected chi connectivity index (χ3v) is 4.62. The van der Waals surface area contributed by atoms with Crippen LogP contribution in [0.2, 0.25) is 0 Å². The maximum Gasteiger partial charge on any atom is 0.311 e. The van der Waals surface area contributed by atoms with E-state index >= 15 is 0 Å². The van der Waals surface area contributed by atoms with Crippen molar-refractivity contribution in [1.29, 1.82) is 0 Å². The standard InChI is InChI=1S/C16H22N2O5/c1-9-10(8-21-13(20)15(2,3)4)22-12-16(9,5)23-14-17-11(19)6-7-18(12)14/h6-7,9-10,12H,8H2,1-5H3/t9-,10-,12-,16+/m1/s1. The molecule has 1 aromatic rings. The minimum Gasteiger partial charge on any atom is -0.463 e. The zero-order chi connectivity index (χ0) is 17.0. The first-order valence-corrected chi connectivity index (χ1v) is 7.74. The van der Waals surface area contributed by atoms with E-state index in [9.17, 15) is 9.59 Å². The van der Waals surface area contributed by atoms with E-state index in [4.69, 9.17) is 14.2 Å². The van der Waals surface area contributed by atoms with Crippen LogP contribution >= 0.6 is 0 Å². The number of hydrogen-bond donors (Lipinski definition) is 0. The summed E-state index contributed by atoms with van der Waals surface area (Å²) in [7, 11) is 0. The third kappa shape index (κ3) is 2.52. The molecule has 0 saturated carbocycles. The average Bonchev–Trinajstić information content (AvgIpc) is 2.85. The fraction of sp³-hybridized carbons (Fsp3) is 0.688. The van der Waals surface area contributed by atoms with Gasteiger partial charge in [-0.1, -0.05) is 6.92 Å². The highest BCUT2D eigenvalue weighted by Crippen LogP contribution is 2.50. The van der Waals surface area contributed by atoms with E-state index in [-0.39, 0.29) is 42.4 Å². The molecule has 0 N–H and O–H groups in total. The molecular weight excluding hydrogens is 300 g/mol. The second-order valence-electron chi connectivity index (χ2n) is 7.41. The average molecular weight is 322 g/mol. The van der Waals surface area contributed by atoms with Crippen LogP contribution < -0.4 is 10.3 Å². The molecule has 0 spiro atoms. The summed E-state index contributed by atoms with van der Waals surface area (Å²) in [6.07, 6.45) is 0.958. The quantitative estimate of drug-likeness (QED) is 0.768. The maximum atomic E-state index is 11.9. The maximum absolute atomic E-state index is 11.9. The highest BCUT2D eigenvalue weighted by Gasteiger charge is 2.59. The van der Waals surface area contributed by atoms with Crippen LogP contribution in [-0.4, -0.2) is 33.8 Å². The minimum atomic E-state index is -0.646. The first kappa shape index (κ1) is 16.0. The Kier molecular flexibility index (Phi) is 3.51. The van der Waals surface area contributed by atoms with Crippen LogP contribution in [0.1, 0.15) is 40.8 Å². The van der Waals surface area contributed by atoms with E-state index < -0.39 is 11.0 Å². The van der Waals surface area contributed by atoms with E-state index in [1.54, 1.807) is 10.8 Å². The number of rotatable bonds is 2. The van der Waals surface area contributed by atoms with E-state index in [1.807, 2.05) is 34.6 Å². The summed E-state index contributed by atoms with van der Waals surface area (Å²) in [5.41, 5.74) is -1.54. The molecule has 0 aromatic carbocycles. The molecule has 0 radical (unpaired) electrons. The van der Waals surface area contributed by atoms with Gasteiger partial charge in [0, 0.05) is 18.2 Å². The van der Waals surface area contributed by atoms with Gasteiger partial charge in [0.25, 0.3) is 5.56 Å². The number of ether oxygens (including phenoxy) is 3. The zero-order valence-corrected chi connectivity index (χ0v) is 14.0. The number of nitrogens with zero attached hydrogens (tertiary/aromatic N) is 2. The lowest BCUT2D eigenvalue weighted by Gasteiger charge is -2.26. The molecule has 1 aromatic heterocycles. The van der Waals surface area contributed by atoms with Crippen molar-refractivity contribution in [3.63, 3.8) is 0 Å². The monoisotopic (exact) mass is 322 g/mol. The number of aromatic nitrogens is 2. The molecule has 7 heteroatoms. The second-order valence-corrected chi connectivity index (χ2v) is 7.41. The zero-order valence-electron chi connectivity index (χ0n) is 14.0. The predicted molar refractivity (Wildman–Crippen MR) is 81.0 cm³/mol. The third-order valence-electron chi connectivity index (χ3n) is 4.62. The SMILES string of the molecule is C[C@@H]1[C@@H](COC(=O)C(C)(C)C)O[C@H]2n3ccc(=O)nc3O[C@@]12C. The molecule has 0 aliphatic carbocycles. The van der Waals surface area contributed by atoms with Crippen LogP contribution in [0.25, 0.3) is 0 Å². The summed E-state index contributed by atoms with van der Waals surface area (Å²) in [5.74, 6) is -0.292. The van der Waals surface area contributed by atoms with Gasteiger partial charge >= 0.3 is 12.0 Å². The van der Waals surface area contributed by atoms with Gasteiger partial charge in [-0.05, 0) is 27.7 Å². The fourth-order valence-electron chi connectivity index (χ4n) is 2.90. The van der Waals surface area contributed by atoms with Gasteiger partial charge < -0.3 is 14.2 Å². The van der Waals surface area contributed by atoms with Crippen molar-refractivity contribution in [2.24, 2.45) is 11.3 Å². The van der Waals surface area contributed by atoms with Crippen molar-refractivity contribution in [2.75, 3.05) is 6.61 Å². The van der Waals surface area contributed by atoms with Gasteiger partial charge in [0.05, 0.1) is 5.41 Å². The van der Waals surface area contributed by atoms with Crippen LogP contribution in [-0.2, 0) is 14.3 Å². The Labute approximate surface area is 134 Å². The molecular formula is C16H22N2O5. The van der Waals surface area contributed by atoms with Gasteiger partial charge in [0.1, 0.15) is 12.7 Å². The number of carbonyl (C=O) groups is 1. The van der Waals surface area contributed by atoms with E-state index in [0.717, 1.165) is 0 Å². The van der Waals surface area contributed by atoms with Gasteiger partial charge in [-0.3, -0.25) is 14.2 Å². The molecule has 0 unspecified atom stereocenters. The Bertz CT molecular complexity index is 692. The summed E-state index contributed by atoms with van der Waals surface area (Å²) in [4.78, 5) is 27.2. The van der Waals surface area contributed by atoms with E-state index in [2.05, 4.69) is 4.98 Å². The lowest BCUT2D eigenvalue weighted by Crippen LogP contribution is -2.40. The van der Waals surface area contributed by atoms with Crippen LogP contribution in [0.15, 0.2) is 17.1 Å². The minimum absolute atomic E-state index is 0.0305. The molecule has 3 heterocycles. The molecule has 3 rings (SSSR count). The summed E-state index contributed by atoms with van der Waals surface area (Å²) in [6, 6.07) is 1.64.